The fourth-order valence-corrected chi connectivity index (χ4v) is 6.68. The SMILES string of the molecule is CCC(=O)C1(C)CCC12C(C)C2C.CSN1CCN(c2ccc(C(F)(F)F)cn2)C(C)C1. The van der Waals surface area contributed by atoms with Crippen molar-refractivity contribution in [3.05, 3.63) is 23.9 Å². The van der Waals surface area contributed by atoms with E-state index in [1.54, 1.807) is 11.9 Å². The second-order valence-electron chi connectivity index (χ2n) is 9.74. The van der Waals surface area contributed by atoms with Crippen molar-refractivity contribution in [1.82, 2.24) is 9.29 Å². The molecule has 0 amide bonds. The minimum Gasteiger partial charge on any atom is -0.351 e. The van der Waals surface area contributed by atoms with Crippen LogP contribution in [0.5, 0.6) is 0 Å². The molecule has 2 heterocycles. The van der Waals surface area contributed by atoms with Crippen LogP contribution in [0.4, 0.5) is 19.0 Å². The summed E-state index contributed by atoms with van der Waals surface area (Å²) < 4.78 is 39.7. The first-order valence-corrected chi connectivity index (χ1v) is 12.7. The van der Waals surface area contributed by atoms with Gasteiger partial charge in [0.2, 0.25) is 0 Å². The predicted octanol–water partition coefficient (Wildman–Crippen LogP) is 5.93. The first-order valence-electron chi connectivity index (χ1n) is 11.5. The number of carbonyl (C=O) groups excluding carboxylic acids is 1. The zero-order chi connectivity index (χ0) is 23.9. The molecule has 1 aliphatic heterocycles. The second-order valence-corrected chi connectivity index (χ2v) is 10.6. The van der Waals surface area contributed by atoms with Crippen LogP contribution in [-0.2, 0) is 11.0 Å². The van der Waals surface area contributed by atoms with Gasteiger partial charge < -0.3 is 4.90 Å². The van der Waals surface area contributed by atoms with Crippen LogP contribution in [0.25, 0.3) is 0 Å². The Kier molecular flexibility index (Phi) is 7.26. The van der Waals surface area contributed by atoms with Gasteiger partial charge >= 0.3 is 6.18 Å². The van der Waals surface area contributed by atoms with Crippen molar-refractivity contribution < 1.29 is 18.0 Å². The van der Waals surface area contributed by atoms with E-state index >= 15 is 0 Å². The number of aromatic nitrogens is 1. The van der Waals surface area contributed by atoms with Crippen LogP contribution in [0, 0.1) is 22.7 Å². The summed E-state index contributed by atoms with van der Waals surface area (Å²) in [6.07, 6.45) is 1.75. The van der Waals surface area contributed by atoms with Gasteiger partial charge in [0.25, 0.3) is 0 Å². The van der Waals surface area contributed by atoms with E-state index in [0.29, 0.717) is 17.0 Å². The van der Waals surface area contributed by atoms with E-state index in [2.05, 4.69) is 37.0 Å². The van der Waals surface area contributed by atoms with E-state index < -0.39 is 11.7 Å². The summed E-state index contributed by atoms with van der Waals surface area (Å²) in [5.74, 6) is 2.67. The van der Waals surface area contributed by atoms with Crippen molar-refractivity contribution in [3.8, 4) is 0 Å². The van der Waals surface area contributed by atoms with Crippen molar-refractivity contribution in [1.29, 1.82) is 0 Å². The van der Waals surface area contributed by atoms with Gasteiger partial charge in [-0.15, -0.1) is 0 Å². The van der Waals surface area contributed by atoms with Gasteiger partial charge in [0.05, 0.1) is 5.56 Å². The number of carbonyl (C=O) groups is 1. The van der Waals surface area contributed by atoms with Gasteiger partial charge in [-0.25, -0.2) is 9.29 Å². The average molecular weight is 472 g/mol. The van der Waals surface area contributed by atoms with Crippen LogP contribution in [0.15, 0.2) is 18.3 Å². The minimum absolute atomic E-state index is 0.0422. The molecule has 2 saturated carbocycles. The van der Waals surface area contributed by atoms with Gasteiger partial charge in [-0.05, 0) is 55.4 Å². The van der Waals surface area contributed by atoms with Crippen LogP contribution < -0.4 is 4.90 Å². The lowest BCUT2D eigenvalue weighted by Gasteiger charge is -2.48. The standard InChI is InChI=1S/C12H16F3N3S.C12H20O/c1-9-8-17(19-2)5-6-18(9)11-4-3-10(7-16-11)12(13,14)15;1-5-10(13)11(4)6-7-12(11)8(2)9(12)3/h3-4,7,9H,5-6,8H2,1-2H3;8-9H,5-7H2,1-4H3. The van der Waals surface area contributed by atoms with Crippen LogP contribution in [0.1, 0.15) is 59.4 Å². The van der Waals surface area contributed by atoms with Crippen LogP contribution in [0.2, 0.25) is 0 Å². The Morgan fingerprint density at radius 3 is 2.22 bits per heavy atom. The summed E-state index contributed by atoms with van der Waals surface area (Å²) in [7, 11) is 0. The lowest BCUT2D eigenvalue weighted by atomic mass is 9.54. The number of ketones is 1. The molecule has 0 radical (unpaired) electrons. The Morgan fingerprint density at radius 1 is 1.19 bits per heavy atom. The molecular formula is C24H36F3N3OS. The summed E-state index contributed by atoms with van der Waals surface area (Å²) in [5, 5.41) is 0. The minimum atomic E-state index is -4.32. The largest absolute Gasteiger partial charge is 0.417 e. The van der Waals surface area contributed by atoms with E-state index in [9.17, 15) is 18.0 Å². The Bertz CT molecular complexity index is 808. The molecule has 32 heavy (non-hydrogen) atoms. The average Bonchev–Trinajstić information content (AvgIpc) is 3.34. The Balaban J connectivity index is 0.000000193. The molecule has 4 atom stereocenters. The third-order valence-corrected chi connectivity index (χ3v) is 9.33. The normalized spacial score (nSPS) is 34.5. The molecule has 1 saturated heterocycles. The van der Waals surface area contributed by atoms with Gasteiger partial charge in [-0.2, -0.15) is 13.2 Å². The quantitative estimate of drug-likeness (QED) is 0.509. The summed E-state index contributed by atoms with van der Waals surface area (Å²) in [4.78, 5) is 17.9. The van der Waals surface area contributed by atoms with Crippen molar-refractivity contribution >= 4 is 23.5 Å². The van der Waals surface area contributed by atoms with Crippen LogP contribution in [-0.4, -0.2) is 47.0 Å². The molecule has 180 valence electrons. The molecule has 3 fully saturated rings. The molecule has 3 aliphatic rings. The molecule has 2 aliphatic carbocycles. The van der Waals surface area contributed by atoms with Gasteiger partial charge in [0, 0.05) is 43.7 Å². The van der Waals surface area contributed by atoms with E-state index in [0.717, 1.165) is 56.6 Å². The molecular weight excluding hydrogens is 435 g/mol. The number of hydrogen-bond donors (Lipinski definition) is 0. The van der Waals surface area contributed by atoms with E-state index in [4.69, 9.17) is 0 Å². The molecule has 4 unspecified atom stereocenters. The number of Topliss-reactive ketones (excluding diaryl/α,β-unsaturated/α-hetero) is 1. The fourth-order valence-electron chi connectivity index (χ4n) is 6.05. The topological polar surface area (TPSA) is 36.4 Å². The van der Waals surface area contributed by atoms with E-state index in [-0.39, 0.29) is 11.5 Å². The summed E-state index contributed by atoms with van der Waals surface area (Å²) >= 11 is 1.69. The molecule has 0 N–H and O–H groups in total. The Morgan fingerprint density at radius 2 is 1.84 bits per heavy atom. The monoisotopic (exact) mass is 471 g/mol. The first kappa shape index (κ1) is 25.3. The maximum absolute atomic E-state index is 12.5. The summed E-state index contributed by atoms with van der Waals surface area (Å²) in [6, 6.07) is 2.79. The van der Waals surface area contributed by atoms with Crippen molar-refractivity contribution in [2.24, 2.45) is 22.7 Å². The van der Waals surface area contributed by atoms with E-state index in [1.165, 1.54) is 12.5 Å². The Labute approximate surface area is 194 Å². The Hall–Kier alpha value is -1.28. The third kappa shape index (κ3) is 4.29. The van der Waals surface area contributed by atoms with E-state index in [1.807, 2.05) is 18.1 Å². The molecule has 8 heteroatoms. The van der Waals surface area contributed by atoms with Crippen molar-refractivity contribution in [2.45, 2.75) is 66.1 Å². The number of alkyl halides is 3. The highest BCUT2D eigenvalue weighted by molar-refractivity contribution is 7.96. The number of pyridine rings is 1. The molecule has 0 bridgehead atoms. The fraction of sp³-hybridized carbons (Fsp3) is 0.750. The van der Waals surface area contributed by atoms with Crippen LogP contribution in [0.3, 0.4) is 0 Å². The molecule has 4 rings (SSSR count). The number of hydrogen-bond acceptors (Lipinski definition) is 5. The number of rotatable bonds is 4. The maximum Gasteiger partial charge on any atom is 0.417 e. The highest BCUT2D eigenvalue weighted by atomic mass is 32.2. The zero-order valence-corrected chi connectivity index (χ0v) is 20.8. The highest BCUT2D eigenvalue weighted by Gasteiger charge is 2.74. The second kappa shape index (κ2) is 9.16. The maximum atomic E-state index is 12.5. The number of nitrogens with zero attached hydrogens (tertiary/aromatic N) is 3. The zero-order valence-electron chi connectivity index (χ0n) is 20.0. The van der Waals surface area contributed by atoms with Crippen molar-refractivity contribution in [3.63, 3.8) is 0 Å². The molecule has 1 aromatic heterocycles. The summed E-state index contributed by atoms with van der Waals surface area (Å²) in [5.41, 5.74) is -0.243. The number of anilines is 1. The molecule has 1 aromatic rings. The number of halogens is 3. The molecule has 4 nitrogen and oxygen atoms in total. The molecule has 0 aromatic carbocycles. The lowest BCUT2D eigenvalue weighted by Crippen LogP contribution is -2.49. The van der Waals surface area contributed by atoms with Gasteiger partial charge in [-0.1, -0.05) is 39.6 Å². The van der Waals surface area contributed by atoms with Crippen LogP contribution >= 0.6 is 11.9 Å². The smallest absolute Gasteiger partial charge is 0.351 e. The third-order valence-electron chi connectivity index (χ3n) is 8.49. The van der Waals surface area contributed by atoms with Crippen molar-refractivity contribution in [2.75, 3.05) is 30.8 Å². The van der Waals surface area contributed by atoms with Gasteiger partial charge in [0.15, 0.2) is 0 Å². The number of piperazine rings is 1. The highest BCUT2D eigenvalue weighted by Crippen LogP contribution is 2.78. The summed E-state index contributed by atoms with van der Waals surface area (Å²) in [6.45, 7) is 13.4. The molecule has 1 spiro atoms. The predicted molar refractivity (Wildman–Crippen MR) is 125 cm³/mol. The lowest BCUT2D eigenvalue weighted by molar-refractivity contribution is -0.141. The first-order chi connectivity index (χ1) is 14.9. The van der Waals surface area contributed by atoms with Gasteiger partial charge in [0.1, 0.15) is 11.6 Å². The van der Waals surface area contributed by atoms with Gasteiger partial charge in [-0.3, -0.25) is 4.79 Å².